The third-order valence-corrected chi connectivity index (χ3v) is 6.17. The second-order valence-electron chi connectivity index (χ2n) is 6.38. The third-order valence-electron chi connectivity index (χ3n) is 4.21. The Labute approximate surface area is 156 Å². The Kier molecular flexibility index (Phi) is 7.71. The van der Waals surface area contributed by atoms with Gasteiger partial charge >= 0.3 is 0 Å². The molecular weight excluding hydrogens is 352 g/mol. The first-order valence-corrected chi connectivity index (χ1v) is 10.7. The zero-order chi connectivity index (χ0) is 19.0. The molecule has 0 saturated carbocycles. The monoisotopic (exact) mass is 382 g/mol. The summed E-state index contributed by atoms with van der Waals surface area (Å²) in [5, 5.41) is 6.43. The van der Waals surface area contributed by atoms with E-state index in [1.807, 2.05) is 13.0 Å². The van der Waals surface area contributed by atoms with E-state index in [4.69, 9.17) is 4.74 Å². The van der Waals surface area contributed by atoms with Crippen molar-refractivity contribution in [3.8, 4) is 5.75 Å². The van der Waals surface area contributed by atoms with Crippen LogP contribution in [0.1, 0.15) is 30.9 Å². The summed E-state index contributed by atoms with van der Waals surface area (Å²) in [5.41, 5.74) is 2.23. The van der Waals surface area contributed by atoms with E-state index >= 15 is 0 Å². The van der Waals surface area contributed by atoms with E-state index in [2.05, 4.69) is 34.7 Å². The second-order valence-corrected chi connectivity index (χ2v) is 8.47. The topological polar surface area (TPSA) is 83.0 Å². The second kappa shape index (κ2) is 9.78. The summed E-state index contributed by atoms with van der Waals surface area (Å²) >= 11 is 0. The Morgan fingerprint density at radius 3 is 2.81 bits per heavy atom. The predicted molar refractivity (Wildman–Crippen MR) is 105 cm³/mol. The van der Waals surface area contributed by atoms with Gasteiger partial charge in [-0.25, -0.2) is 12.7 Å². The van der Waals surface area contributed by atoms with Gasteiger partial charge in [-0.15, -0.1) is 0 Å². The van der Waals surface area contributed by atoms with Crippen LogP contribution in [0, 0.1) is 6.92 Å². The van der Waals surface area contributed by atoms with Crippen LogP contribution in [0.25, 0.3) is 0 Å². The van der Waals surface area contributed by atoms with E-state index in [0.29, 0.717) is 45.2 Å². The zero-order valence-corrected chi connectivity index (χ0v) is 16.7. The lowest BCUT2D eigenvalue weighted by Crippen LogP contribution is -2.41. The highest BCUT2D eigenvalue weighted by Crippen LogP contribution is 2.20. The molecule has 0 amide bonds. The molecule has 1 aliphatic heterocycles. The molecule has 0 aromatic heterocycles. The number of benzene rings is 1. The third kappa shape index (κ3) is 5.88. The summed E-state index contributed by atoms with van der Waals surface area (Å²) in [6.07, 6.45) is 1.67. The zero-order valence-electron chi connectivity index (χ0n) is 15.9. The number of hydrogen-bond acceptors (Lipinski definition) is 4. The van der Waals surface area contributed by atoms with E-state index in [1.54, 1.807) is 7.05 Å². The normalized spacial score (nSPS) is 17.3. The van der Waals surface area contributed by atoms with Crippen molar-refractivity contribution in [2.45, 2.75) is 33.2 Å². The molecule has 1 aliphatic rings. The Balaban J connectivity index is 1.85. The van der Waals surface area contributed by atoms with E-state index in [1.165, 1.54) is 4.31 Å². The number of ether oxygens (including phenoxy) is 1. The molecule has 7 nitrogen and oxygen atoms in total. The van der Waals surface area contributed by atoms with Gasteiger partial charge in [0.25, 0.3) is 0 Å². The Morgan fingerprint density at radius 1 is 1.35 bits per heavy atom. The van der Waals surface area contributed by atoms with Crippen LogP contribution in [0.2, 0.25) is 0 Å². The largest absolute Gasteiger partial charge is 0.493 e. The van der Waals surface area contributed by atoms with Crippen LogP contribution in [-0.4, -0.2) is 57.7 Å². The van der Waals surface area contributed by atoms with Crippen LogP contribution in [0.3, 0.4) is 0 Å². The minimum absolute atomic E-state index is 0.258. The lowest BCUT2D eigenvalue weighted by molar-refractivity contribution is 0.313. The van der Waals surface area contributed by atoms with Crippen molar-refractivity contribution < 1.29 is 13.2 Å². The van der Waals surface area contributed by atoms with Crippen LogP contribution < -0.4 is 15.4 Å². The standard InChI is InChI=1S/C18H30N4O3S/c1-4-11-25-17-13-15(2)6-7-16(17)14-21-18(19-3)20-8-10-22-9-5-12-26(22,23)24/h6-7,13H,4-5,8-12,14H2,1-3H3,(H2,19,20,21). The lowest BCUT2D eigenvalue weighted by atomic mass is 10.1. The first-order chi connectivity index (χ1) is 12.5. The van der Waals surface area contributed by atoms with E-state index in [-0.39, 0.29) is 5.75 Å². The quantitative estimate of drug-likeness (QED) is 0.526. The number of rotatable bonds is 8. The molecule has 1 saturated heterocycles. The van der Waals surface area contributed by atoms with Crippen LogP contribution >= 0.6 is 0 Å². The van der Waals surface area contributed by atoms with E-state index < -0.39 is 10.0 Å². The summed E-state index contributed by atoms with van der Waals surface area (Å²) in [5.74, 6) is 1.79. The van der Waals surface area contributed by atoms with Gasteiger partial charge in [0, 0.05) is 38.8 Å². The number of guanidine groups is 1. The molecule has 2 rings (SSSR count). The van der Waals surface area contributed by atoms with E-state index in [0.717, 1.165) is 23.3 Å². The summed E-state index contributed by atoms with van der Waals surface area (Å²) < 4.78 is 31.0. The van der Waals surface area contributed by atoms with Crippen molar-refractivity contribution >= 4 is 16.0 Å². The van der Waals surface area contributed by atoms with Crippen molar-refractivity contribution in [3.63, 3.8) is 0 Å². The fourth-order valence-corrected chi connectivity index (χ4v) is 4.32. The highest BCUT2D eigenvalue weighted by molar-refractivity contribution is 7.89. The number of aryl methyl sites for hydroxylation is 1. The van der Waals surface area contributed by atoms with Crippen LogP contribution in [0.4, 0.5) is 0 Å². The average Bonchev–Trinajstić information content (AvgIpc) is 2.95. The summed E-state index contributed by atoms with van der Waals surface area (Å²) in [6.45, 7) is 6.99. The Hall–Kier alpha value is -1.80. The molecule has 0 spiro atoms. The van der Waals surface area contributed by atoms with Crippen LogP contribution in [0.5, 0.6) is 5.75 Å². The Bertz CT molecular complexity index is 719. The first-order valence-electron chi connectivity index (χ1n) is 9.11. The summed E-state index contributed by atoms with van der Waals surface area (Å²) in [4.78, 5) is 4.20. The molecule has 26 heavy (non-hydrogen) atoms. The maximum atomic E-state index is 11.8. The number of sulfonamides is 1. The number of nitrogens with one attached hydrogen (secondary N) is 2. The van der Waals surface area contributed by atoms with Gasteiger partial charge in [0.05, 0.1) is 12.4 Å². The van der Waals surface area contributed by atoms with Crippen molar-refractivity contribution in [3.05, 3.63) is 29.3 Å². The molecule has 1 aromatic rings. The van der Waals surface area contributed by atoms with Crippen molar-refractivity contribution in [1.29, 1.82) is 0 Å². The molecule has 2 N–H and O–H groups in total. The fraction of sp³-hybridized carbons (Fsp3) is 0.611. The number of hydrogen-bond donors (Lipinski definition) is 2. The molecule has 0 aliphatic carbocycles. The molecule has 0 bridgehead atoms. The molecule has 0 atom stereocenters. The van der Waals surface area contributed by atoms with Gasteiger partial charge in [0.1, 0.15) is 5.75 Å². The molecular formula is C18H30N4O3S. The molecule has 1 fully saturated rings. The van der Waals surface area contributed by atoms with Crippen molar-refractivity contribution in [1.82, 2.24) is 14.9 Å². The molecule has 1 heterocycles. The molecule has 0 radical (unpaired) electrons. The molecule has 1 aromatic carbocycles. The Morgan fingerprint density at radius 2 is 2.15 bits per heavy atom. The van der Waals surface area contributed by atoms with Gasteiger partial charge < -0.3 is 15.4 Å². The van der Waals surface area contributed by atoms with Gasteiger partial charge in [-0.05, 0) is 31.4 Å². The van der Waals surface area contributed by atoms with Gasteiger partial charge in [0.15, 0.2) is 5.96 Å². The van der Waals surface area contributed by atoms with Gasteiger partial charge in [0.2, 0.25) is 10.0 Å². The minimum Gasteiger partial charge on any atom is -0.493 e. The van der Waals surface area contributed by atoms with Crippen molar-refractivity contribution in [2.75, 3.05) is 39.0 Å². The molecule has 0 unspecified atom stereocenters. The highest BCUT2D eigenvalue weighted by Gasteiger charge is 2.27. The maximum absolute atomic E-state index is 11.8. The van der Waals surface area contributed by atoms with Gasteiger partial charge in [-0.2, -0.15) is 0 Å². The predicted octanol–water partition coefficient (Wildman–Crippen LogP) is 1.48. The number of nitrogens with zero attached hydrogens (tertiary/aromatic N) is 2. The fourth-order valence-electron chi connectivity index (χ4n) is 2.80. The highest BCUT2D eigenvalue weighted by atomic mass is 32.2. The summed E-state index contributed by atoms with van der Waals surface area (Å²) in [6, 6.07) is 6.16. The minimum atomic E-state index is -3.05. The van der Waals surface area contributed by atoms with Crippen LogP contribution in [0.15, 0.2) is 23.2 Å². The number of aliphatic imine (C=N–C) groups is 1. The van der Waals surface area contributed by atoms with Crippen molar-refractivity contribution in [2.24, 2.45) is 4.99 Å². The lowest BCUT2D eigenvalue weighted by Gasteiger charge is -2.17. The van der Waals surface area contributed by atoms with E-state index in [9.17, 15) is 8.42 Å². The first kappa shape index (κ1) is 20.5. The smallest absolute Gasteiger partial charge is 0.214 e. The van der Waals surface area contributed by atoms with Gasteiger partial charge in [-0.1, -0.05) is 19.1 Å². The average molecular weight is 383 g/mol. The summed E-state index contributed by atoms with van der Waals surface area (Å²) in [7, 11) is -1.35. The van der Waals surface area contributed by atoms with Gasteiger partial charge in [-0.3, -0.25) is 4.99 Å². The maximum Gasteiger partial charge on any atom is 0.214 e. The SMILES string of the molecule is CCCOc1cc(C)ccc1CNC(=NC)NCCN1CCCS1(=O)=O. The molecule has 146 valence electrons. The van der Waals surface area contributed by atoms with Crippen LogP contribution in [-0.2, 0) is 16.6 Å². The molecule has 8 heteroatoms.